The summed E-state index contributed by atoms with van der Waals surface area (Å²) in [6.45, 7) is 4.95. The minimum Gasteiger partial charge on any atom is -0.353 e. The molecule has 3 N–H and O–H groups in total. The monoisotopic (exact) mass is 198 g/mol. The lowest BCUT2D eigenvalue weighted by molar-refractivity contribution is -0.122. The van der Waals surface area contributed by atoms with E-state index in [1.807, 2.05) is 0 Å². The largest absolute Gasteiger partial charge is 0.353 e. The molecule has 0 aromatic carbocycles. The molecule has 82 valence electrons. The third kappa shape index (κ3) is 2.98. The molecule has 1 aliphatic rings. The first-order valence-electron chi connectivity index (χ1n) is 5.64. The minimum absolute atomic E-state index is 0.110. The maximum Gasteiger partial charge on any atom is 0.221 e. The van der Waals surface area contributed by atoms with Crippen molar-refractivity contribution in [3.05, 3.63) is 0 Å². The van der Waals surface area contributed by atoms with Crippen LogP contribution in [0.1, 0.15) is 39.5 Å². The molecule has 1 saturated carbocycles. The minimum atomic E-state index is 0.110. The van der Waals surface area contributed by atoms with Gasteiger partial charge in [-0.3, -0.25) is 4.79 Å². The highest BCUT2D eigenvalue weighted by Gasteiger charge is 2.27. The Morgan fingerprint density at radius 3 is 2.79 bits per heavy atom. The third-order valence-electron chi connectivity index (χ3n) is 3.42. The van der Waals surface area contributed by atoms with Gasteiger partial charge in [-0.1, -0.05) is 26.7 Å². The van der Waals surface area contributed by atoms with Gasteiger partial charge in [0.05, 0.1) is 0 Å². The Hall–Kier alpha value is -0.570. The number of hydrogen-bond donors (Lipinski definition) is 2. The fourth-order valence-electron chi connectivity index (χ4n) is 2.20. The van der Waals surface area contributed by atoms with Crippen LogP contribution in [0.5, 0.6) is 0 Å². The smallest absolute Gasteiger partial charge is 0.221 e. The van der Waals surface area contributed by atoms with Gasteiger partial charge in [-0.25, -0.2) is 0 Å². The van der Waals surface area contributed by atoms with E-state index >= 15 is 0 Å². The maximum absolute atomic E-state index is 11.4. The van der Waals surface area contributed by atoms with E-state index in [0.717, 1.165) is 12.3 Å². The van der Waals surface area contributed by atoms with E-state index in [2.05, 4.69) is 19.2 Å². The fourth-order valence-corrected chi connectivity index (χ4v) is 2.20. The Bertz CT molecular complexity index is 194. The van der Waals surface area contributed by atoms with Crippen molar-refractivity contribution in [2.45, 2.75) is 45.6 Å². The quantitative estimate of drug-likeness (QED) is 0.717. The van der Waals surface area contributed by atoms with E-state index in [1.54, 1.807) is 0 Å². The molecule has 1 rings (SSSR count). The van der Waals surface area contributed by atoms with Gasteiger partial charge in [0.2, 0.25) is 5.91 Å². The van der Waals surface area contributed by atoms with E-state index in [1.165, 1.54) is 12.8 Å². The van der Waals surface area contributed by atoms with Crippen molar-refractivity contribution in [3.8, 4) is 0 Å². The Morgan fingerprint density at radius 2 is 2.14 bits per heavy atom. The predicted molar refractivity (Wildman–Crippen MR) is 57.8 cm³/mol. The molecular formula is C11H22N2O. The SMILES string of the molecule is CC1CCCC(NC(=O)CCN)C1C. The average Bonchev–Trinajstić information content (AvgIpc) is 2.13. The second-order valence-electron chi connectivity index (χ2n) is 4.48. The fraction of sp³-hybridized carbons (Fsp3) is 0.909. The average molecular weight is 198 g/mol. The van der Waals surface area contributed by atoms with Crippen molar-refractivity contribution in [3.63, 3.8) is 0 Å². The Labute approximate surface area is 86.4 Å². The zero-order chi connectivity index (χ0) is 10.6. The van der Waals surface area contributed by atoms with Crippen molar-refractivity contribution in [2.24, 2.45) is 17.6 Å². The summed E-state index contributed by atoms with van der Waals surface area (Å²) in [7, 11) is 0. The third-order valence-corrected chi connectivity index (χ3v) is 3.42. The summed E-state index contributed by atoms with van der Waals surface area (Å²) >= 11 is 0. The van der Waals surface area contributed by atoms with Crippen molar-refractivity contribution in [1.29, 1.82) is 0 Å². The first kappa shape index (κ1) is 11.5. The number of nitrogens with two attached hydrogens (primary N) is 1. The van der Waals surface area contributed by atoms with Crippen LogP contribution in [0.4, 0.5) is 0 Å². The zero-order valence-electron chi connectivity index (χ0n) is 9.25. The molecule has 1 aliphatic carbocycles. The highest BCUT2D eigenvalue weighted by molar-refractivity contribution is 5.76. The summed E-state index contributed by atoms with van der Waals surface area (Å²) in [5.74, 6) is 1.44. The summed E-state index contributed by atoms with van der Waals surface area (Å²) in [5.41, 5.74) is 5.34. The van der Waals surface area contributed by atoms with Crippen LogP contribution < -0.4 is 11.1 Å². The topological polar surface area (TPSA) is 55.1 Å². The van der Waals surface area contributed by atoms with E-state index in [4.69, 9.17) is 5.73 Å². The van der Waals surface area contributed by atoms with Gasteiger partial charge in [0.1, 0.15) is 0 Å². The van der Waals surface area contributed by atoms with Crippen molar-refractivity contribution in [2.75, 3.05) is 6.54 Å². The molecule has 0 bridgehead atoms. The summed E-state index contributed by atoms with van der Waals surface area (Å²) in [6, 6.07) is 0.373. The van der Waals surface area contributed by atoms with Crippen LogP contribution in [-0.2, 0) is 4.79 Å². The molecule has 1 amide bonds. The molecule has 0 aromatic rings. The molecule has 0 aliphatic heterocycles. The molecule has 0 spiro atoms. The molecule has 0 radical (unpaired) electrons. The first-order chi connectivity index (χ1) is 6.65. The van der Waals surface area contributed by atoms with Gasteiger partial charge in [0, 0.05) is 19.0 Å². The van der Waals surface area contributed by atoms with Crippen LogP contribution in [0.2, 0.25) is 0 Å². The van der Waals surface area contributed by atoms with E-state index in [0.29, 0.717) is 24.9 Å². The molecule has 0 aromatic heterocycles. The predicted octanol–water partition coefficient (Wildman–Crippen LogP) is 1.28. The molecule has 3 atom stereocenters. The summed E-state index contributed by atoms with van der Waals surface area (Å²) in [4.78, 5) is 11.4. The van der Waals surface area contributed by atoms with Gasteiger partial charge >= 0.3 is 0 Å². The van der Waals surface area contributed by atoms with Gasteiger partial charge in [-0.2, -0.15) is 0 Å². The Kier molecular flexibility index (Phi) is 4.39. The van der Waals surface area contributed by atoms with Crippen LogP contribution >= 0.6 is 0 Å². The van der Waals surface area contributed by atoms with Crippen LogP contribution in [0.3, 0.4) is 0 Å². The van der Waals surface area contributed by atoms with Gasteiger partial charge < -0.3 is 11.1 Å². The summed E-state index contributed by atoms with van der Waals surface area (Å²) in [6.07, 6.45) is 4.11. The van der Waals surface area contributed by atoms with E-state index < -0.39 is 0 Å². The van der Waals surface area contributed by atoms with Crippen LogP contribution in [0.25, 0.3) is 0 Å². The highest BCUT2D eigenvalue weighted by atomic mass is 16.1. The van der Waals surface area contributed by atoms with Gasteiger partial charge in [0.15, 0.2) is 0 Å². The van der Waals surface area contributed by atoms with Crippen molar-refractivity contribution in [1.82, 2.24) is 5.32 Å². The number of amides is 1. The lowest BCUT2D eigenvalue weighted by Crippen LogP contribution is -2.44. The number of rotatable bonds is 3. The zero-order valence-corrected chi connectivity index (χ0v) is 9.25. The van der Waals surface area contributed by atoms with Gasteiger partial charge in [-0.05, 0) is 18.3 Å². The lowest BCUT2D eigenvalue weighted by atomic mass is 9.78. The summed E-state index contributed by atoms with van der Waals surface area (Å²) in [5, 5.41) is 3.08. The lowest BCUT2D eigenvalue weighted by Gasteiger charge is -2.34. The molecular weight excluding hydrogens is 176 g/mol. The van der Waals surface area contributed by atoms with Crippen molar-refractivity contribution >= 4 is 5.91 Å². The molecule has 3 nitrogen and oxygen atoms in total. The highest BCUT2D eigenvalue weighted by Crippen LogP contribution is 2.29. The molecule has 14 heavy (non-hydrogen) atoms. The Morgan fingerprint density at radius 1 is 1.43 bits per heavy atom. The molecule has 0 saturated heterocycles. The second-order valence-corrected chi connectivity index (χ2v) is 4.48. The molecule has 1 fully saturated rings. The van der Waals surface area contributed by atoms with Crippen LogP contribution in [0, 0.1) is 11.8 Å². The number of carbonyl (C=O) groups excluding carboxylic acids is 1. The van der Waals surface area contributed by atoms with Crippen molar-refractivity contribution < 1.29 is 4.79 Å². The second kappa shape index (κ2) is 5.35. The van der Waals surface area contributed by atoms with E-state index in [9.17, 15) is 4.79 Å². The number of carbonyl (C=O) groups is 1. The Balaban J connectivity index is 2.39. The molecule has 0 heterocycles. The number of hydrogen-bond acceptors (Lipinski definition) is 2. The number of nitrogens with one attached hydrogen (secondary N) is 1. The van der Waals surface area contributed by atoms with Crippen LogP contribution in [0.15, 0.2) is 0 Å². The normalized spacial score (nSPS) is 32.6. The van der Waals surface area contributed by atoms with Gasteiger partial charge in [0.25, 0.3) is 0 Å². The standard InChI is InChI=1S/C11H22N2O/c1-8-4-3-5-10(9(8)2)13-11(14)6-7-12/h8-10H,3-7,12H2,1-2H3,(H,13,14). The van der Waals surface area contributed by atoms with Gasteiger partial charge in [-0.15, -0.1) is 0 Å². The van der Waals surface area contributed by atoms with Crippen LogP contribution in [-0.4, -0.2) is 18.5 Å². The first-order valence-corrected chi connectivity index (χ1v) is 5.64. The summed E-state index contributed by atoms with van der Waals surface area (Å²) < 4.78 is 0. The molecule has 3 heteroatoms. The maximum atomic E-state index is 11.4. The molecule has 3 unspecified atom stereocenters. The van der Waals surface area contributed by atoms with E-state index in [-0.39, 0.29) is 5.91 Å².